The molecule has 88 valence electrons. The minimum Gasteiger partial charge on any atom is -0.326 e. The minimum absolute atomic E-state index is 0.132. The van der Waals surface area contributed by atoms with Gasteiger partial charge in [-0.3, -0.25) is 0 Å². The molecule has 0 unspecified atom stereocenters. The van der Waals surface area contributed by atoms with Crippen LogP contribution < -0.4 is 10.5 Å². The van der Waals surface area contributed by atoms with Crippen molar-refractivity contribution in [1.29, 1.82) is 0 Å². The Bertz CT molecular complexity index is 493. The summed E-state index contributed by atoms with van der Waals surface area (Å²) in [5.41, 5.74) is 7.46. The first kappa shape index (κ1) is 11.6. The molecule has 0 spiro atoms. The van der Waals surface area contributed by atoms with Crippen molar-refractivity contribution in [2.24, 2.45) is 5.73 Å². The Kier molecular flexibility index (Phi) is 3.01. The van der Waals surface area contributed by atoms with Crippen LogP contribution in [-0.4, -0.2) is 14.5 Å². The van der Waals surface area contributed by atoms with Gasteiger partial charge in [-0.2, -0.15) is 0 Å². The van der Waals surface area contributed by atoms with E-state index in [0.717, 1.165) is 24.0 Å². The van der Waals surface area contributed by atoms with Gasteiger partial charge in [-0.1, -0.05) is 6.07 Å². The lowest BCUT2D eigenvalue weighted by molar-refractivity contribution is 0.581. The lowest BCUT2D eigenvalue weighted by atomic mass is 10.1. The third kappa shape index (κ3) is 2.42. The molecule has 0 aliphatic heterocycles. The van der Waals surface area contributed by atoms with E-state index in [1.54, 1.807) is 18.2 Å². The Hall–Kier alpha value is -0.910. The van der Waals surface area contributed by atoms with Gasteiger partial charge in [-0.25, -0.2) is 13.1 Å². The highest BCUT2D eigenvalue weighted by Gasteiger charge is 2.28. The van der Waals surface area contributed by atoms with Crippen LogP contribution in [0, 0.1) is 6.92 Å². The van der Waals surface area contributed by atoms with Crippen molar-refractivity contribution < 1.29 is 8.42 Å². The summed E-state index contributed by atoms with van der Waals surface area (Å²) in [4.78, 5) is 0.311. The number of hydrogen-bond donors (Lipinski definition) is 2. The van der Waals surface area contributed by atoms with Gasteiger partial charge in [0.05, 0.1) is 4.90 Å². The molecule has 1 aliphatic carbocycles. The Morgan fingerprint density at radius 1 is 1.44 bits per heavy atom. The van der Waals surface area contributed by atoms with Crippen molar-refractivity contribution in [3.05, 3.63) is 29.3 Å². The van der Waals surface area contributed by atoms with E-state index < -0.39 is 10.0 Å². The highest BCUT2D eigenvalue weighted by atomic mass is 32.2. The van der Waals surface area contributed by atoms with Crippen molar-refractivity contribution in [3.63, 3.8) is 0 Å². The molecule has 0 atom stereocenters. The molecule has 1 aliphatic rings. The second kappa shape index (κ2) is 4.16. The van der Waals surface area contributed by atoms with Crippen LogP contribution in [0.15, 0.2) is 23.1 Å². The highest BCUT2D eigenvalue weighted by Crippen LogP contribution is 2.23. The molecule has 2 rings (SSSR count). The van der Waals surface area contributed by atoms with Crippen LogP contribution >= 0.6 is 0 Å². The van der Waals surface area contributed by atoms with Gasteiger partial charge in [0.15, 0.2) is 0 Å². The fourth-order valence-electron chi connectivity index (χ4n) is 1.52. The first-order valence-corrected chi connectivity index (χ1v) is 6.83. The number of benzene rings is 1. The molecule has 3 N–H and O–H groups in total. The van der Waals surface area contributed by atoms with E-state index in [0.29, 0.717) is 11.4 Å². The number of rotatable bonds is 4. The number of nitrogens with two attached hydrogens (primary N) is 1. The van der Waals surface area contributed by atoms with Gasteiger partial charge in [0.2, 0.25) is 10.0 Å². The topological polar surface area (TPSA) is 72.2 Å². The van der Waals surface area contributed by atoms with Crippen LogP contribution in [0.1, 0.15) is 24.0 Å². The van der Waals surface area contributed by atoms with E-state index in [9.17, 15) is 8.42 Å². The number of nitrogens with one attached hydrogen (secondary N) is 1. The van der Waals surface area contributed by atoms with Crippen molar-refractivity contribution in [3.8, 4) is 0 Å². The predicted octanol–water partition coefficient (Wildman–Crippen LogP) is 0.894. The molecule has 5 heteroatoms. The third-order valence-corrected chi connectivity index (χ3v) is 4.27. The first-order valence-electron chi connectivity index (χ1n) is 5.35. The lowest BCUT2D eigenvalue weighted by Gasteiger charge is -2.08. The molecular formula is C11H16N2O2S. The van der Waals surface area contributed by atoms with Crippen LogP contribution in [0.25, 0.3) is 0 Å². The Morgan fingerprint density at radius 3 is 2.69 bits per heavy atom. The molecule has 0 bridgehead atoms. The van der Waals surface area contributed by atoms with Gasteiger partial charge in [0, 0.05) is 12.6 Å². The second-order valence-corrected chi connectivity index (χ2v) is 5.90. The quantitative estimate of drug-likeness (QED) is 0.821. The Labute approximate surface area is 95.9 Å². The maximum Gasteiger partial charge on any atom is 0.240 e. The molecular weight excluding hydrogens is 224 g/mol. The molecule has 1 saturated carbocycles. The fraction of sp³-hybridized carbons (Fsp3) is 0.455. The van der Waals surface area contributed by atoms with Gasteiger partial charge in [-0.05, 0) is 43.0 Å². The summed E-state index contributed by atoms with van der Waals surface area (Å²) in [6.45, 7) is 2.28. The third-order valence-electron chi connectivity index (χ3n) is 2.75. The molecule has 0 saturated heterocycles. The van der Waals surface area contributed by atoms with E-state index in [2.05, 4.69) is 4.72 Å². The predicted molar refractivity (Wildman–Crippen MR) is 62.4 cm³/mol. The van der Waals surface area contributed by atoms with Gasteiger partial charge >= 0.3 is 0 Å². The monoisotopic (exact) mass is 240 g/mol. The zero-order chi connectivity index (χ0) is 11.8. The van der Waals surface area contributed by atoms with Crippen LogP contribution in [0.2, 0.25) is 0 Å². The molecule has 1 aromatic carbocycles. The maximum atomic E-state index is 11.9. The molecule has 0 amide bonds. The van der Waals surface area contributed by atoms with Crippen molar-refractivity contribution in [2.45, 2.75) is 37.2 Å². The number of hydrogen-bond acceptors (Lipinski definition) is 3. The average Bonchev–Trinajstić information content (AvgIpc) is 3.01. The largest absolute Gasteiger partial charge is 0.326 e. The van der Waals surface area contributed by atoms with E-state index in [1.165, 1.54) is 0 Å². The van der Waals surface area contributed by atoms with Gasteiger partial charge in [-0.15, -0.1) is 0 Å². The zero-order valence-electron chi connectivity index (χ0n) is 9.23. The summed E-state index contributed by atoms with van der Waals surface area (Å²) < 4.78 is 26.5. The van der Waals surface area contributed by atoms with Crippen LogP contribution in [0.3, 0.4) is 0 Å². The maximum absolute atomic E-state index is 11.9. The molecule has 0 aromatic heterocycles. The summed E-state index contributed by atoms with van der Waals surface area (Å²) in [6.07, 6.45) is 1.88. The van der Waals surface area contributed by atoms with Crippen LogP contribution in [0.4, 0.5) is 0 Å². The van der Waals surface area contributed by atoms with E-state index >= 15 is 0 Å². The number of aryl methyl sites for hydroxylation is 1. The lowest BCUT2D eigenvalue weighted by Crippen LogP contribution is -2.25. The summed E-state index contributed by atoms with van der Waals surface area (Å²) >= 11 is 0. The minimum atomic E-state index is -3.35. The first-order chi connectivity index (χ1) is 7.53. The van der Waals surface area contributed by atoms with Crippen molar-refractivity contribution >= 4 is 10.0 Å². The molecule has 4 nitrogen and oxygen atoms in total. The standard InChI is InChI=1S/C11H16N2O2S/c1-8-2-5-11(6-9(8)7-12)16(14,15)13-10-3-4-10/h2,5-6,10,13H,3-4,7,12H2,1H3. The molecule has 1 aromatic rings. The van der Waals surface area contributed by atoms with Gasteiger partial charge in [0.25, 0.3) is 0 Å². The van der Waals surface area contributed by atoms with E-state index in [1.807, 2.05) is 6.92 Å². The highest BCUT2D eigenvalue weighted by molar-refractivity contribution is 7.89. The van der Waals surface area contributed by atoms with Crippen LogP contribution in [-0.2, 0) is 16.6 Å². The van der Waals surface area contributed by atoms with Gasteiger partial charge < -0.3 is 5.73 Å². The molecule has 0 heterocycles. The molecule has 1 fully saturated rings. The molecule has 0 radical (unpaired) electrons. The summed E-state index contributed by atoms with van der Waals surface area (Å²) in [5.74, 6) is 0. The SMILES string of the molecule is Cc1ccc(S(=O)(=O)NC2CC2)cc1CN. The Balaban J connectivity index is 2.31. The Morgan fingerprint density at radius 2 is 2.12 bits per heavy atom. The summed E-state index contributed by atoms with van der Waals surface area (Å²) in [7, 11) is -3.35. The fourth-order valence-corrected chi connectivity index (χ4v) is 2.88. The van der Waals surface area contributed by atoms with E-state index in [4.69, 9.17) is 5.73 Å². The normalized spacial score (nSPS) is 16.4. The van der Waals surface area contributed by atoms with Crippen molar-refractivity contribution in [1.82, 2.24) is 4.72 Å². The average molecular weight is 240 g/mol. The zero-order valence-corrected chi connectivity index (χ0v) is 10.0. The van der Waals surface area contributed by atoms with Crippen LogP contribution in [0.5, 0.6) is 0 Å². The van der Waals surface area contributed by atoms with E-state index in [-0.39, 0.29) is 6.04 Å². The number of sulfonamides is 1. The smallest absolute Gasteiger partial charge is 0.240 e. The van der Waals surface area contributed by atoms with Gasteiger partial charge in [0.1, 0.15) is 0 Å². The molecule has 16 heavy (non-hydrogen) atoms. The summed E-state index contributed by atoms with van der Waals surface area (Å²) in [6, 6.07) is 5.20. The second-order valence-electron chi connectivity index (χ2n) is 4.19. The summed E-state index contributed by atoms with van der Waals surface area (Å²) in [5, 5.41) is 0. The van der Waals surface area contributed by atoms with Crippen molar-refractivity contribution in [2.75, 3.05) is 0 Å².